The summed E-state index contributed by atoms with van der Waals surface area (Å²) in [7, 11) is 1.54. The molecule has 0 unspecified atom stereocenters. The van der Waals surface area contributed by atoms with E-state index in [1.165, 1.54) is 11.6 Å². The van der Waals surface area contributed by atoms with Crippen LogP contribution in [-0.2, 0) is 13.6 Å². The highest BCUT2D eigenvalue weighted by Crippen LogP contribution is 2.20. The largest absolute Gasteiger partial charge is 0.395 e. The minimum atomic E-state index is -0.529. The van der Waals surface area contributed by atoms with E-state index in [0.29, 0.717) is 5.95 Å². The molecule has 0 aliphatic rings. The average molecular weight is 315 g/mol. The summed E-state index contributed by atoms with van der Waals surface area (Å²) in [6, 6.07) is 7.68. The fraction of sp³-hybridized carbons (Fsp3) is 0.267. The third-order valence-electron chi connectivity index (χ3n) is 3.60. The second-order valence-electron chi connectivity index (χ2n) is 5.30. The van der Waals surface area contributed by atoms with Crippen molar-refractivity contribution in [3.05, 3.63) is 50.7 Å². The van der Waals surface area contributed by atoms with Gasteiger partial charge >= 0.3 is 5.69 Å². The molecule has 1 aromatic carbocycles. The van der Waals surface area contributed by atoms with Crippen molar-refractivity contribution < 1.29 is 5.11 Å². The summed E-state index contributed by atoms with van der Waals surface area (Å²) in [6.07, 6.45) is 0. The lowest BCUT2D eigenvalue weighted by atomic mass is 10.2. The zero-order valence-corrected chi connectivity index (χ0v) is 12.8. The summed E-state index contributed by atoms with van der Waals surface area (Å²) in [6.45, 7) is 2.00. The van der Waals surface area contributed by atoms with E-state index in [-0.39, 0.29) is 24.3 Å². The van der Waals surface area contributed by atoms with Crippen LogP contribution in [0.25, 0.3) is 11.2 Å². The molecule has 3 rings (SSSR count). The fourth-order valence-electron chi connectivity index (χ4n) is 2.50. The normalized spacial score (nSPS) is 11.1. The number of hydrogen-bond acceptors (Lipinski definition) is 5. The number of aromatic amines is 1. The number of nitrogens with zero attached hydrogens (tertiary/aromatic N) is 3. The van der Waals surface area contributed by atoms with Crippen LogP contribution in [0.15, 0.2) is 33.9 Å². The number of aliphatic hydroxyl groups is 1. The summed E-state index contributed by atoms with van der Waals surface area (Å²) in [5, 5.41) is 12.4. The average Bonchev–Trinajstić information content (AvgIpc) is 2.85. The van der Waals surface area contributed by atoms with Crippen molar-refractivity contribution in [2.24, 2.45) is 7.05 Å². The number of nitrogens with one attached hydrogen (secondary N) is 2. The number of anilines is 2. The molecule has 0 saturated carbocycles. The van der Waals surface area contributed by atoms with E-state index in [4.69, 9.17) is 0 Å². The van der Waals surface area contributed by atoms with E-state index in [1.807, 2.05) is 31.2 Å². The van der Waals surface area contributed by atoms with Gasteiger partial charge in [-0.25, -0.2) is 4.79 Å². The van der Waals surface area contributed by atoms with Gasteiger partial charge in [0.15, 0.2) is 11.2 Å². The second kappa shape index (κ2) is 5.73. The first-order valence-corrected chi connectivity index (χ1v) is 7.15. The van der Waals surface area contributed by atoms with Crippen LogP contribution in [0.5, 0.6) is 0 Å². The standard InChI is InChI=1S/C15H17N5O3/c1-9-4-3-5-10(8-9)16-14-17-12-11(20(14)6-7-21)13(22)18-15(23)19(12)2/h3-5,8,21H,6-7H2,1-2H3,(H,16,17)(H,18,22,23). The molecule has 2 heterocycles. The molecule has 0 atom stereocenters. The number of aromatic nitrogens is 4. The number of rotatable bonds is 4. The lowest BCUT2D eigenvalue weighted by Crippen LogP contribution is -2.29. The minimum absolute atomic E-state index is 0.157. The monoisotopic (exact) mass is 315 g/mol. The zero-order chi connectivity index (χ0) is 16.6. The number of benzene rings is 1. The van der Waals surface area contributed by atoms with E-state index in [9.17, 15) is 14.7 Å². The van der Waals surface area contributed by atoms with Crippen LogP contribution in [0.1, 0.15) is 5.56 Å². The summed E-state index contributed by atoms with van der Waals surface area (Å²) in [5.41, 5.74) is 1.34. The Labute approximate surface area is 131 Å². The second-order valence-corrected chi connectivity index (χ2v) is 5.30. The maximum absolute atomic E-state index is 12.1. The Morgan fingerprint density at radius 2 is 2.13 bits per heavy atom. The molecule has 0 amide bonds. The topological polar surface area (TPSA) is 105 Å². The number of H-pyrrole nitrogens is 1. The lowest BCUT2D eigenvalue weighted by Gasteiger charge is -2.09. The van der Waals surface area contributed by atoms with Gasteiger partial charge in [-0.1, -0.05) is 12.1 Å². The molecular weight excluding hydrogens is 298 g/mol. The third kappa shape index (κ3) is 2.64. The number of hydrogen-bond donors (Lipinski definition) is 3. The number of fused-ring (bicyclic) bond motifs is 1. The van der Waals surface area contributed by atoms with Gasteiger partial charge in [-0.3, -0.25) is 14.3 Å². The fourth-order valence-corrected chi connectivity index (χ4v) is 2.50. The maximum atomic E-state index is 12.1. The minimum Gasteiger partial charge on any atom is -0.395 e. The highest BCUT2D eigenvalue weighted by molar-refractivity contribution is 5.75. The van der Waals surface area contributed by atoms with Crippen molar-refractivity contribution in [2.75, 3.05) is 11.9 Å². The molecule has 3 aromatic rings. The molecule has 0 aliphatic heterocycles. The van der Waals surface area contributed by atoms with Crippen LogP contribution in [0, 0.1) is 6.92 Å². The van der Waals surface area contributed by atoms with Gasteiger partial charge in [-0.05, 0) is 24.6 Å². The van der Waals surface area contributed by atoms with Crippen molar-refractivity contribution in [2.45, 2.75) is 13.5 Å². The lowest BCUT2D eigenvalue weighted by molar-refractivity contribution is 0.278. The first-order valence-electron chi connectivity index (χ1n) is 7.15. The summed E-state index contributed by atoms with van der Waals surface area (Å²) in [4.78, 5) is 30.5. The maximum Gasteiger partial charge on any atom is 0.329 e. The summed E-state index contributed by atoms with van der Waals surface area (Å²) in [5.74, 6) is 0.395. The quantitative estimate of drug-likeness (QED) is 0.649. The van der Waals surface area contributed by atoms with Crippen LogP contribution >= 0.6 is 0 Å². The van der Waals surface area contributed by atoms with E-state index in [0.717, 1.165) is 11.3 Å². The highest BCUT2D eigenvalue weighted by Gasteiger charge is 2.17. The molecule has 0 fully saturated rings. The molecule has 0 radical (unpaired) electrons. The number of aryl methyl sites for hydroxylation is 2. The van der Waals surface area contributed by atoms with Gasteiger partial charge in [0, 0.05) is 19.3 Å². The SMILES string of the molecule is Cc1cccc(Nc2nc3c(c(=O)[nH]c(=O)n3C)n2CCO)c1. The Bertz CT molecular complexity index is 983. The Morgan fingerprint density at radius 3 is 2.83 bits per heavy atom. The molecular formula is C15H17N5O3. The van der Waals surface area contributed by atoms with Crippen molar-refractivity contribution in [3.63, 3.8) is 0 Å². The van der Waals surface area contributed by atoms with Crippen molar-refractivity contribution in [1.29, 1.82) is 0 Å². The molecule has 23 heavy (non-hydrogen) atoms. The smallest absolute Gasteiger partial charge is 0.329 e. The summed E-state index contributed by atoms with van der Waals surface area (Å²) >= 11 is 0. The van der Waals surface area contributed by atoms with E-state index >= 15 is 0 Å². The van der Waals surface area contributed by atoms with Crippen molar-refractivity contribution in [1.82, 2.24) is 19.1 Å². The molecule has 0 saturated heterocycles. The Kier molecular flexibility index (Phi) is 3.75. The van der Waals surface area contributed by atoms with Gasteiger partial charge in [0.1, 0.15) is 0 Å². The van der Waals surface area contributed by atoms with Gasteiger partial charge in [0.2, 0.25) is 5.95 Å². The predicted octanol–water partition coefficient (Wildman–Crippen LogP) is 0.468. The van der Waals surface area contributed by atoms with Gasteiger partial charge in [0.05, 0.1) is 6.61 Å². The molecule has 2 aromatic heterocycles. The Hall–Kier alpha value is -2.87. The van der Waals surface area contributed by atoms with Gasteiger partial charge < -0.3 is 15.0 Å². The molecule has 3 N–H and O–H groups in total. The van der Waals surface area contributed by atoms with Crippen LogP contribution in [-0.4, -0.2) is 30.8 Å². The highest BCUT2D eigenvalue weighted by atomic mass is 16.3. The molecule has 120 valence electrons. The first kappa shape index (κ1) is 15.0. The zero-order valence-electron chi connectivity index (χ0n) is 12.8. The predicted molar refractivity (Wildman–Crippen MR) is 87.1 cm³/mol. The number of imidazole rings is 1. The molecule has 8 nitrogen and oxygen atoms in total. The third-order valence-corrected chi connectivity index (χ3v) is 3.60. The molecule has 0 bridgehead atoms. The van der Waals surface area contributed by atoms with Crippen LogP contribution < -0.4 is 16.6 Å². The van der Waals surface area contributed by atoms with Crippen LogP contribution in [0.2, 0.25) is 0 Å². The Balaban J connectivity index is 2.22. The van der Waals surface area contributed by atoms with Crippen molar-refractivity contribution in [3.8, 4) is 0 Å². The molecule has 8 heteroatoms. The van der Waals surface area contributed by atoms with E-state index in [2.05, 4.69) is 15.3 Å². The Morgan fingerprint density at radius 1 is 1.35 bits per heavy atom. The van der Waals surface area contributed by atoms with Crippen LogP contribution in [0.4, 0.5) is 11.6 Å². The van der Waals surface area contributed by atoms with Gasteiger partial charge in [-0.15, -0.1) is 0 Å². The van der Waals surface area contributed by atoms with Crippen LogP contribution in [0.3, 0.4) is 0 Å². The first-order chi connectivity index (χ1) is 11.0. The van der Waals surface area contributed by atoms with Crippen molar-refractivity contribution >= 4 is 22.8 Å². The summed E-state index contributed by atoms with van der Waals surface area (Å²) < 4.78 is 2.84. The van der Waals surface area contributed by atoms with E-state index < -0.39 is 11.2 Å². The molecule has 0 spiro atoms. The van der Waals surface area contributed by atoms with E-state index in [1.54, 1.807) is 4.57 Å². The molecule has 0 aliphatic carbocycles. The van der Waals surface area contributed by atoms with Gasteiger partial charge in [0.25, 0.3) is 5.56 Å². The van der Waals surface area contributed by atoms with Gasteiger partial charge in [-0.2, -0.15) is 4.98 Å². The number of aliphatic hydroxyl groups excluding tert-OH is 1.